The number of benzene rings is 2. The number of hydrogen-bond acceptors (Lipinski definition) is 5. The van der Waals surface area contributed by atoms with Crippen LogP contribution in [0.3, 0.4) is 0 Å². The Hall–Kier alpha value is -3.02. The number of methoxy groups -OCH3 is 2. The standard InChI is InChI=1S/C19H21N3O3/c1-24-16-8-7-14(12-17(16)25-2)19(23)22-15-6-3-5-13(11-15)18-20-9-4-10-21-18/h3,5-8,11-12H,4,9-10H2,1-2H3,(H,20,21)(H,22,23). The quantitative estimate of drug-likeness (QED) is 0.878. The molecule has 0 fully saturated rings. The summed E-state index contributed by atoms with van der Waals surface area (Å²) in [4.78, 5) is 17.0. The number of carbonyl (C=O) groups is 1. The Morgan fingerprint density at radius 2 is 1.96 bits per heavy atom. The highest BCUT2D eigenvalue weighted by atomic mass is 16.5. The smallest absolute Gasteiger partial charge is 0.255 e. The van der Waals surface area contributed by atoms with Crippen molar-refractivity contribution in [2.24, 2.45) is 4.99 Å². The third-order valence-electron chi connectivity index (χ3n) is 3.94. The van der Waals surface area contributed by atoms with Gasteiger partial charge in [0.1, 0.15) is 5.84 Å². The summed E-state index contributed by atoms with van der Waals surface area (Å²) in [5.74, 6) is 1.76. The summed E-state index contributed by atoms with van der Waals surface area (Å²) in [6, 6.07) is 12.7. The fraction of sp³-hybridized carbons (Fsp3) is 0.263. The first-order valence-corrected chi connectivity index (χ1v) is 8.13. The predicted octanol–water partition coefficient (Wildman–Crippen LogP) is 2.70. The van der Waals surface area contributed by atoms with E-state index in [-0.39, 0.29) is 5.91 Å². The molecule has 0 bridgehead atoms. The van der Waals surface area contributed by atoms with Gasteiger partial charge in [0.05, 0.1) is 14.2 Å². The van der Waals surface area contributed by atoms with Crippen LogP contribution in [0.4, 0.5) is 5.69 Å². The second-order valence-corrected chi connectivity index (χ2v) is 5.62. The van der Waals surface area contributed by atoms with Gasteiger partial charge in [0, 0.05) is 29.9 Å². The Balaban J connectivity index is 1.78. The van der Waals surface area contributed by atoms with Crippen LogP contribution in [-0.4, -0.2) is 39.1 Å². The Labute approximate surface area is 146 Å². The van der Waals surface area contributed by atoms with Crippen molar-refractivity contribution in [3.8, 4) is 11.5 Å². The van der Waals surface area contributed by atoms with Crippen molar-refractivity contribution >= 4 is 17.4 Å². The number of amidine groups is 1. The van der Waals surface area contributed by atoms with E-state index in [1.165, 1.54) is 0 Å². The van der Waals surface area contributed by atoms with Gasteiger partial charge in [-0.05, 0) is 36.8 Å². The number of anilines is 1. The summed E-state index contributed by atoms with van der Waals surface area (Å²) < 4.78 is 10.4. The van der Waals surface area contributed by atoms with Crippen LogP contribution in [-0.2, 0) is 0 Å². The molecule has 0 unspecified atom stereocenters. The fourth-order valence-electron chi connectivity index (χ4n) is 2.65. The highest BCUT2D eigenvalue weighted by molar-refractivity contribution is 6.06. The topological polar surface area (TPSA) is 72.0 Å². The van der Waals surface area contributed by atoms with Crippen LogP contribution in [0.5, 0.6) is 11.5 Å². The third-order valence-corrected chi connectivity index (χ3v) is 3.94. The average Bonchev–Trinajstić information content (AvgIpc) is 2.68. The van der Waals surface area contributed by atoms with Crippen LogP contribution in [0, 0.1) is 0 Å². The predicted molar refractivity (Wildman–Crippen MR) is 98.0 cm³/mol. The van der Waals surface area contributed by atoms with Crippen molar-refractivity contribution in [2.75, 3.05) is 32.6 Å². The van der Waals surface area contributed by atoms with Crippen molar-refractivity contribution in [1.29, 1.82) is 0 Å². The second-order valence-electron chi connectivity index (χ2n) is 5.62. The number of carbonyl (C=O) groups excluding carboxylic acids is 1. The van der Waals surface area contributed by atoms with E-state index < -0.39 is 0 Å². The Morgan fingerprint density at radius 1 is 1.12 bits per heavy atom. The summed E-state index contributed by atoms with van der Waals surface area (Å²) in [7, 11) is 3.10. The molecule has 2 N–H and O–H groups in total. The lowest BCUT2D eigenvalue weighted by atomic mass is 10.1. The van der Waals surface area contributed by atoms with Gasteiger partial charge < -0.3 is 20.1 Å². The van der Waals surface area contributed by atoms with E-state index in [1.54, 1.807) is 32.4 Å². The number of hydrogen-bond donors (Lipinski definition) is 2. The maximum absolute atomic E-state index is 12.5. The summed E-state index contributed by atoms with van der Waals surface area (Å²) in [5, 5.41) is 6.19. The monoisotopic (exact) mass is 339 g/mol. The van der Waals surface area contributed by atoms with Crippen LogP contribution in [0.2, 0.25) is 0 Å². The van der Waals surface area contributed by atoms with Crippen molar-refractivity contribution in [3.63, 3.8) is 0 Å². The number of ether oxygens (including phenoxy) is 2. The van der Waals surface area contributed by atoms with E-state index in [1.807, 2.05) is 24.3 Å². The van der Waals surface area contributed by atoms with Crippen LogP contribution in [0.1, 0.15) is 22.3 Å². The summed E-state index contributed by atoms with van der Waals surface area (Å²) >= 11 is 0. The van der Waals surface area contributed by atoms with Crippen molar-refractivity contribution in [1.82, 2.24) is 5.32 Å². The number of nitrogens with one attached hydrogen (secondary N) is 2. The first-order chi connectivity index (χ1) is 12.2. The van der Waals surface area contributed by atoms with E-state index in [4.69, 9.17) is 9.47 Å². The number of rotatable bonds is 5. The zero-order chi connectivity index (χ0) is 17.6. The van der Waals surface area contributed by atoms with Crippen LogP contribution < -0.4 is 20.1 Å². The Bertz CT molecular complexity index is 802. The fourth-order valence-corrected chi connectivity index (χ4v) is 2.65. The molecule has 25 heavy (non-hydrogen) atoms. The molecule has 1 amide bonds. The van der Waals surface area contributed by atoms with E-state index in [0.29, 0.717) is 22.7 Å². The third kappa shape index (κ3) is 3.91. The molecule has 0 aromatic heterocycles. The van der Waals surface area contributed by atoms with E-state index >= 15 is 0 Å². The van der Waals surface area contributed by atoms with Gasteiger partial charge in [0.15, 0.2) is 11.5 Å². The zero-order valence-corrected chi connectivity index (χ0v) is 14.3. The first-order valence-electron chi connectivity index (χ1n) is 8.13. The van der Waals surface area contributed by atoms with Gasteiger partial charge in [-0.15, -0.1) is 0 Å². The molecule has 3 rings (SSSR count). The van der Waals surface area contributed by atoms with Crippen LogP contribution in [0.25, 0.3) is 0 Å². The lowest BCUT2D eigenvalue weighted by Crippen LogP contribution is -2.30. The molecule has 1 aliphatic heterocycles. The van der Waals surface area contributed by atoms with Gasteiger partial charge in [0.25, 0.3) is 5.91 Å². The first kappa shape index (κ1) is 16.8. The molecule has 6 nitrogen and oxygen atoms in total. The zero-order valence-electron chi connectivity index (χ0n) is 14.3. The maximum Gasteiger partial charge on any atom is 0.255 e. The van der Waals surface area contributed by atoms with Gasteiger partial charge in [-0.2, -0.15) is 0 Å². The minimum absolute atomic E-state index is 0.211. The summed E-state index contributed by atoms with van der Waals surface area (Å²) in [6.45, 7) is 1.74. The molecule has 0 saturated carbocycles. The molecular formula is C19H21N3O3. The highest BCUT2D eigenvalue weighted by Gasteiger charge is 2.12. The van der Waals surface area contributed by atoms with E-state index in [0.717, 1.165) is 30.9 Å². The Kier molecular flexibility index (Phi) is 5.18. The van der Waals surface area contributed by atoms with E-state index in [9.17, 15) is 4.79 Å². The molecule has 1 aliphatic rings. The molecule has 6 heteroatoms. The van der Waals surface area contributed by atoms with Gasteiger partial charge in [-0.3, -0.25) is 9.79 Å². The number of amides is 1. The largest absolute Gasteiger partial charge is 0.493 e. The molecular weight excluding hydrogens is 318 g/mol. The SMILES string of the molecule is COc1ccc(C(=O)Nc2cccc(C3=NCCCN3)c2)cc1OC. The van der Waals surface area contributed by atoms with E-state index in [2.05, 4.69) is 15.6 Å². The summed E-state index contributed by atoms with van der Waals surface area (Å²) in [6.07, 6.45) is 1.04. The highest BCUT2D eigenvalue weighted by Crippen LogP contribution is 2.28. The summed E-state index contributed by atoms with van der Waals surface area (Å²) in [5.41, 5.74) is 2.17. The Morgan fingerprint density at radius 3 is 2.68 bits per heavy atom. The molecule has 0 aliphatic carbocycles. The minimum atomic E-state index is -0.211. The molecule has 1 heterocycles. The molecule has 2 aromatic rings. The number of nitrogens with zero attached hydrogens (tertiary/aromatic N) is 1. The van der Waals surface area contributed by atoms with Gasteiger partial charge >= 0.3 is 0 Å². The van der Waals surface area contributed by atoms with Gasteiger partial charge in [0.2, 0.25) is 0 Å². The molecule has 0 radical (unpaired) electrons. The van der Waals surface area contributed by atoms with Crippen LogP contribution >= 0.6 is 0 Å². The number of aliphatic imine (C=N–C) groups is 1. The second kappa shape index (κ2) is 7.70. The lowest BCUT2D eigenvalue weighted by Gasteiger charge is -2.15. The molecule has 0 spiro atoms. The van der Waals surface area contributed by atoms with Crippen molar-refractivity contribution < 1.29 is 14.3 Å². The lowest BCUT2D eigenvalue weighted by molar-refractivity contribution is 0.102. The average molecular weight is 339 g/mol. The molecule has 130 valence electrons. The van der Waals surface area contributed by atoms with Gasteiger partial charge in [-0.1, -0.05) is 12.1 Å². The van der Waals surface area contributed by atoms with Crippen molar-refractivity contribution in [2.45, 2.75) is 6.42 Å². The van der Waals surface area contributed by atoms with Crippen molar-refractivity contribution in [3.05, 3.63) is 53.6 Å². The molecule has 2 aromatic carbocycles. The maximum atomic E-state index is 12.5. The van der Waals surface area contributed by atoms with Gasteiger partial charge in [-0.25, -0.2) is 0 Å². The molecule has 0 atom stereocenters. The normalized spacial score (nSPS) is 13.4. The molecule has 0 saturated heterocycles. The minimum Gasteiger partial charge on any atom is -0.493 e. The van der Waals surface area contributed by atoms with Crippen LogP contribution in [0.15, 0.2) is 47.5 Å².